The maximum absolute atomic E-state index is 9.52. The number of aliphatic hydroxyl groups is 1. The van der Waals surface area contributed by atoms with E-state index in [0.29, 0.717) is 12.4 Å². The SMILES string of the molecule is Nc1cn2ccnc2c(N2CCC(O)C2)n1. The van der Waals surface area contributed by atoms with Gasteiger partial charge in [-0.05, 0) is 6.42 Å². The number of imidazole rings is 1. The normalized spacial score (nSPS) is 20.8. The Morgan fingerprint density at radius 1 is 1.50 bits per heavy atom. The lowest BCUT2D eigenvalue weighted by atomic mass is 10.3. The lowest BCUT2D eigenvalue weighted by Crippen LogP contribution is -2.23. The van der Waals surface area contributed by atoms with Gasteiger partial charge in [-0.1, -0.05) is 0 Å². The number of nitrogens with zero attached hydrogens (tertiary/aromatic N) is 4. The van der Waals surface area contributed by atoms with E-state index in [4.69, 9.17) is 5.73 Å². The first-order chi connectivity index (χ1) is 7.74. The van der Waals surface area contributed by atoms with Gasteiger partial charge in [0.25, 0.3) is 0 Å². The number of rotatable bonds is 1. The molecule has 1 aliphatic rings. The highest BCUT2D eigenvalue weighted by atomic mass is 16.3. The highest BCUT2D eigenvalue weighted by Gasteiger charge is 2.23. The zero-order chi connectivity index (χ0) is 11.1. The molecule has 1 saturated heterocycles. The standard InChI is InChI=1S/C10H13N5O/c11-8-6-15-4-2-12-9(15)10(13-8)14-3-1-7(16)5-14/h2,4,6-7,16H,1,3,5,11H2. The molecule has 0 radical (unpaired) electrons. The molecule has 16 heavy (non-hydrogen) atoms. The van der Waals surface area contributed by atoms with Gasteiger partial charge in [-0.3, -0.25) is 0 Å². The second-order valence-electron chi connectivity index (χ2n) is 4.04. The van der Waals surface area contributed by atoms with Crippen molar-refractivity contribution in [3.8, 4) is 0 Å². The molecule has 0 saturated carbocycles. The van der Waals surface area contributed by atoms with Crippen LogP contribution in [0.2, 0.25) is 0 Å². The number of aromatic nitrogens is 3. The number of hydrogen-bond donors (Lipinski definition) is 2. The maximum Gasteiger partial charge on any atom is 0.180 e. The predicted molar refractivity (Wildman–Crippen MR) is 60.2 cm³/mol. The Kier molecular flexibility index (Phi) is 1.97. The third kappa shape index (κ3) is 1.38. The lowest BCUT2D eigenvalue weighted by molar-refractivity contribution is 0.198. The Balaban J connectivity index is 2.11. The third-order valence-electron chi connectivity index (χ3n) is 2.84. The van der Waals surface area contributed by atoms with Crippen LogP contribution in [0.5, 0.6) is 0 Å². The Labute approximate surface area is 92.3 Å². The second-order valence-corrected chi connectivity index (χ2v) is 4.04. The summed E-state index contributed by atoms with van der Waals surface area (Å²) >= 11 is 0. The minimum Gasteiger partial charge on any atom is -0.391 e. The van der Waals surface area contributed by atoms with Crippen molar-refractivity contribution in [1.29, 1.82) is 0 Å². The van der Waals surface area contributed by atoms with E-state index < -0.39 is 0 Å². The summed E-state index contributed by atoms with van der Waals surface area (Å²) < 4.78 is 1.85. The van der Waals surface area contributed by atoms with Gasteiger partial charge in [0.05, 0.1) is 12.3 Å². The van der Waals surface area contributed by atoms with E-state index in [1.54, 1.807) is 12.4 Å². The van der Waals surface area contributed by atoms with Gasteiger partial charge in [-0.2, -0.15) is 0 Å². The number of aliphatic hydroxyl groups excluding tert-OH is 1. The molecule has 3 heterocycles. The Morgan fingerprint density at radius 2 is 2.38 bits per heavy atom. The quantitative estimate of drug-likeness (QED) is 0.699. The summed E-state index contributed by atoms with van der Waals surface area (Å²) in [5, 5.41) is 9.52. The van der Waals surface area contributed by atoms with Crippen molar-refractivity contribution >= 4 is 17.3 Å². The summed E-state index contributed by atoms with van der Waals surface area (Å²) in [6.45, 7) is 1.39. The van der Waals surface area contributed by atoms with Crippen LogP contribution < -0.4 is 10.6 Å². The molecule has 0 aliphatic carbocycles. The number of fused-ring (bicyclic) bond motifs is 1. The van der Waals surface area contributed by atoms with Gasteiger partial charge in [-0.15, -0.1) is 0 Å². The molecule has 1 atom stereocenters. The van der Waals surface area contributed by atoms with Crippen molar-refractivity contribution in [3.63, 3.8) is 0 Å². The minimum absolute atomic E-state index is 0.279. The summed E-state index contributed by atoms with van der Waals surface area (Å²) in [6.07, 6.45) is 5.77. The van der Waals surface area contributed by atoms with Gasteiger partial charge < -0.3 is 20.1 Å². The van der Waals surface area contributed by atoms with Crippen LogP contribution in [-0.2, 0) is 0 Å². The highest BCUT2D eigenvalue weighted by Crippen LogP contribution is 2.23. The van der Waals surface area contributed by atoms with Crippen molar-refractivity contribution < 1.29 is 5.11 Å². The van der Waals surface area contributed by atoms with Gasteiger partial charge >= 0.3 is 0 Å². The Morgan fingerprint density at radius 3 is 3.12 bits per heavy atom. The van der Waals surface area contributed by atoms with E-state index in [0.717, 1.165) is 24.4 Å². The topological polar surface area (TPSA) is 79.7 Å². The van der Waals surface area contributed by atoms with Crippen LogP contribution in [0.25, 0.3) is 5.65 Å². The fourth-order valence-corrected chi connectivity index (χ4v) is 2.08. The third-order valence-corrected chi connectivity index (χ3v) is 2.84. The van der Waals surface area contributed by atoms with E-state index in [1.165, 1.54) is 0 Å². The van der Waals surface area contributed by atoms with Crippen molar-refractivity contribution in [3.05, 3.63) is 18.6 Å². The highest BCUT2D eigenvalue weighted by molar-refractivity contribution is 5.66. The second kappa shape index (κ2) is 3.34. The van der Waals surface area contributed by atoms with E-state index >= 15 is 0 Å². The summed E-state index contributed by atoms with van der Waals surface area (Å²) in [5.74, 6) is 1.21. The fraction of sp³-hybridized carbons (Fsp3) is 0.400. The van der Waals surface area contributed by atoms with Gasteiger partial charge in [0.1, 0.15) is 5.82 Å². The number of β-amino-alcohol motifs (C(OH)–C–C–N with tert-alkyl or cyclic N) is 1. The largest absolute Gasteiger partial charge is 0.391 e. The minimum atomic E-state index is -0.279. The predicted octanol–water partition coefficient (Wildman–Crippen LogP) is -0.118. The van der Waals surface area contributed by atoms with E-state index in [1.807, 2.05) is 15.5 Å². The van der Waals surface area contributed by atoms with E-state index in [-0.39, 0.29) is 6.10 Å². The number of nitrogen functional groups attached to an aromatic ring is 1. The van der Waals surface area contributed by atoms with Gasteiger partial charge in [0.15, 0.2) is 11.5 Å². The van der Waals surface area contributed by atoms with Crippen LogP contribution in [0.4, 0.5) is 11.6 Å². The first-order valence-electron chi connectivity index (χ1n) is 5.26. The number of hydrogen-bond acceptors (Lipinski definition) is 5. The zero-order valence-corrected chi connectivity index (χ0v) is 8.74. The van der Waals surface area contributed by atoms with Gasteiger partial charge in [0, 0.05) is 25.5 Å². The summed E-state index contributed by atoms with van der Waals surface area (Å²) in [7, 11) is 0. The number of anilines is 2. The Bertz CT molecular complexity index is 523. The van der Waals surface area contributed by atoms with E-state index in [9.17, 15) is 5.11 Å². The molecule has 6 heteroatoms. The molecule has 84 valence electrons. The molecule has 3 rings (SSSR count). The zero-order valence-electron chi connectivity index (χ0n) is 8.74. The van der Waals surface area contributed by atoms with Crippen LogP contribution >= 0.6 is 0 Å². The van der Waals surface area contributed by atoms with Crippen LogP contribution in [0.1, 0.15) is 6.42 Å². The van der Waals surface area contributed by atoms with Crippen molar-refractivity contribution in [2.24, 2.45) is 0 Å². The summed E-state index contributed by atoms with van der Waals surface area (Å²) in [5.41, 5.74) is 6.52. The first-order valence-corrected chi connectivity index (χ1v) is 5.26. The molecule has 1 aliphatic heterocycles. The molecular weight excluding hydrogens is 206 g/mol. The Hall–Kier alpha value is -1.82. The maximum atomic E-state index is 9.52. The van der Waals surface area contributed by atoms with Crippen LogP contribution in [-0.4, -0.2) is 38.7 Å². The molecule has 0 bridgehead atoms. The monoisotopic (exact) mass is 219 g/mol. The molecule has 0 amide bonds. The number of nitrogens with two attached hydrogens (primary N) is 1. The van der Waals surface area contributed by atoms with Crippen LogP contribution in [0.3, 0.4) is 0 Å². The van der Waals surface area contributed by atoms with E-state index in [2.05, 4.69) is 9.97 Å². The van der Waals surface area contributed by atoms with Gasteiger partial charge in [-0.25, -0.2) is 9.97 Å². The lowest BCUT2D eigenvalue weighted by Gasteiger charge is -2.17. The smallest absolute Gasteiger partial charge is 0.180 e. The summed E-state index contributed by atoms with van der Waals surface area (Å²) in [6, 6.07) is 0. The van der Waals surface area contributed by atoms with Crippen LogP contribution in [0.15, 0.2) is 18.6 Å². The molecule has 3 N–H and O–H groups in total. The molecular formula is C10H13N5O. The average Bonchev–Trinajstić information content (AvgIpc) is 2.84. The molecule has 1 fully saturated rings. The average molecular weight is 219 g/mol. The molecule has 2 aromatic rings. The van der Waals surface area contributed by atoms with Crippen molar-refractivity contribution in [2.45, 2.75) is 12.5 Å². The van der Waals surface area contributed by atoms with Crippen molar-refractivity contribution in [2.75, 3.05) is 23.7 Å². The molecule has 1 unspecified atom stereocenters. The van der Waals surface area contributed by atoms with Gasteiger partial charge in [0.2, 0.25) is 0 Å². The fourth-order valence-electron chi connectivity index (χ4n) is 2.08. The first kappa shape index (κ1) is 9.41. The van der Waals surface area contributed by atoms with Crippen LogP contribution in [0, 0.1) is 0 Å². The molecule has 0 aromatic carbocycles. The van der Waals surface area contributed by atoms with Crippen molar-refractivity contribution in [1.82, 2.24) is 14.4 Å². The molecule has 6 nitrogen and oxygen atoms in total. The summed E-state index contributed by atoms with van der Waals surface area (Å²) in [4.78, 5) is 10.6. The molecule has 0 spiro atoms. The molecule has 2 aromatic heterocycles.